The zero-order valence-electron chi connectivity index (χ0n) is 6.23. The third-order valence-corrected chi connectivity index (χ3v) is 0.500. The van der Waals surface area contributed by atoms with Crippen molar-refractivity contribution >= 4 is 0 Å². The third-order valence-electron chi connectivity index (χ3n) is 0.500. The van der Waals surface area contributed by atoms with Gasteiger partial charge in [0.1, 0.15) is 0 Å². The average Bonchev–Trinajstić information content (AvgIpc) is 1.21. The van der Waals surface area contributed by atoms with E-state index in [1.54, 1.807) is 6.92 Å². The summed E-state index contributed by atoms with van der Waals surface area (Å²) in [6, 6.07) is 0. The standard InChI is InChI=1S/C5H12O/c1-3-4-5(2)6/h5-6H,3-4H2,1-2H3/t5-/m1/s1/i3D2. The highest BCUT2D eigenvalue weighted by molar-refractivity contribution is 4.40. The minimum atomic E-state index is -1.23. The highest BCUT2D eigenvalue weighted by Crippen LogP contribution is 1.91. The molecule has 0 saturated heterocycles. The van der Waals surface area contributed by atoms with E-state index in [0.717, 1.165) is 0 Å². The molecule has 0 aromatic carbocycles. The predicted molar refractivity (Wildman–Crippen MR) is 26.6 cm³/mol. The lowest BCUT2D eigenvalue weighted by molar-refractivity contribution is 0.183. The molecule has 0 aromatic rings. The zero-order chi connectivity index (χ0) is 6.78. The second-order valence-corrected chi connectivity index (χ2v) is 1.41. The van der Waals surface area contributed by atoms with Gasteiger partial charge in [-0.2, -0.15) is 0 Å². The van der Waals surface area contributed by atoms with Crippen LogP contribution in [-0.4, -0.2) is 11.2 Å². The molecule has 0 radical (unpaired) electrons. The van der Waals surface area contributed by atoms with Crippen molar-refractivity contribution in [2.75, 3.05) is 0 Å². The van der Waals surface area contributed by atoms with Crippen LogP contribution in [0.4, 0.5) is 0 Å². The van der Waals surface area contributed by atoms with E-state index < -0.39 is 12.5 Å². The van der Waals surface area contributed by atoms with Gasteiger partial charge in [-0.25, -0.2) is 0 Å². The van der Waals surface area contributed by atoms with Crippen LogP contribution in [0.25, 0.3) is 0 Å². The van der Waals surface area contributed by atoms with Crippen molar-refractivity contribution in [3.8, 4) is 0 Å². The molecule has 0 amide bonds. The maximum Gasteiger partial charge on any atom is 0.0512 e. The summed E-state index contributed by atoms with van der Waals surface area (Å²) in [6.07, 6.45) is -1.55. The molecule has 0 unspecified atom stereocenters. The van der Waals surface area contributed by atoms with E-state index in [0.29, 0.717) is 0 Å². The molecular weight excluding hydrogens is 76.1 g/mol. The van der Waals surface area contributed by atoms with Crippen LogP contribution in [0.15, 0.2) is 0 Å². The van der Waals surface area contributed by atoms with Gasteiger partial charge in [-0.15, -0.1) is 0 Å². The van der Waals surface area contributed by atoms with Crippen LogP contribution >= 0.6 is 0 Å². The quantitative estimate of drug-likeness (QED) is 0.539. The first-order valence-electron chi connectivity index (χ1n) is 3.10. The topological polar surface area (TPSA) is 20.2 Å². The Morgan fingerprint density at radius 2 is 2.50 bits per heavy atom. The number of aliphatic hydroxyl groups is 1. The summed E-state index contributed by atoms with van der Waals surface area (Å²) >= 11 is 0. The monoisotopic (exact) mass is 90.1 g/mol. The molecule has 0 rings (SSSR count). The smallest absolute Gasteiger partial charge is 0.0512 e. The van der Waals surface area contributed by atoms with Crippen LogP contribution in [0.5, 0.6) is 0 Å². The number of hydrogen-bond acceptors (Lipinski definition) is 1. The van der Waals surface area contributed by atoms with Gasteiger partial charge in [-0.1, -0.05) is 13.3 Å². The molecule has 0 aliphatic heterocycles. The second kappa shape index (κ2) is 3.16. The van der Waals surface area contributed by atoms with Gasteiger partial charge in [0.25, 0.3) is 0 Å². The average molecular weight is 90.2 g/mol. The van der Waals surface area contributed by atoms with Crippen molar-refractivity contribution < 1.29 is 7.85 Å². The Morgan fingerprint density at radius 3 is 2.50 bits per heavy atom. The van der Waals surface area contributed by atoms with Crippen LogP contribution in [0.1, 0.15) is 29.4 Å². The van der Waals surface area contributed by atoms with E-state index in [1.807, 2.05) is 0 Å². The normalized spacial score (nSPS) is 21.8. The van der Waals surface area contributed by atoms with Gasteiger partial charge in [0, 0.05) is 2.74 Å². The van der Waals surface area contributed by atoms with Crippen LogP contribution in [0, 0.1) is 0 Å². The minimum Gasteiger partial charge on any atom is -0.393 e. The summed E-state index contributed by atoms with van der Waals surface area (Å²) in [4.78, 5) is 0. The molecule has 0 heterocycles. The van der Waals surface area contributed by atoms with Crippen molar-refractivity contribution in [2.24, 2.45) is 0 Å². The van der Waals surface area contributed by atoms with Gasteiger partial charge < -0.3 is 5.11 Å². The highest BCUT2D eigenvalue weighted by atomic mass is 16.3. The lowest BCUT2D eigenvalue weighted by Crippen LogP contribution is -1.95. The van der Waals surface area contributed by atoms with Gasteiger partial charge in [-0.3, -0.25) is 0 Å². The zero-order valence-corrected chi connectivity index (χ0v) is 4.23. The Bertz CT molecular complexity index is 65.3. The Kier molecular flexibility index (Phi) is 1.59. The fourth-order valence-corrected chi connectivity index (χ4v) is 0.295. The lowest BCUT2D eigenvalue weighted by Gasteiger charge is -1.95. The molecule has 1 N–H and O–H groups in total. The molecule has 0 aromatic heterocycles. The van der Waals surface area contributed by atoms with Crippen molar-refractivity contribution in [1.82, 2.24) is 0 Å². The molecule has 0 aliphatic rings. The maximum atomic E-state index is 8.65. The Balaban J connectivity index is 3.39. The van der Waals surface area contributed by atoms with Crippen molar-refractivity contribution in [1.29, 1.82) is 0 Å². The molecule has 0 spiro atoms. The first kappa shape index (κ1) is 3.03. The molecule has 6 heavy (non-hydrogen) atoms. The Hall–Kier alpha value is -0.0400. The molecule has 0 fully saturated rings. The van der Waals surface area contributed by atoms with E-state index in [9.17, 15) is 0 Å². The summed E-state index contributed by atoms with van der Waals surface area (Å²) in [7, 11) is 0. The first-order chi connectivity index (χ1) is 3.42. The SMILES string of the molecule is [2H]C([2H])(C)C[C@@H](C)O. The van der Waals surface area contributed by atoms with E-state index in [4.69, 9.17) is 7.85 Å². The largest absolute Gasteiger partial charge is 0.393 e. The fourth-order valence-electron chi connectivity index (χ4n) is 0.295. The van der Waals surface area contributed by atoms with E-state index in [-0.39, 0.29) is 6.42 Å². The molecule has 38 valence electrons. The van der Waals surface area contributed by atoms with E-state index in [1.165, 1.54) is 6.92 Å². The van der Waals surface area contributed by atoms with E-state index in [2.05, 4.69) is 0 Å². The Labute approximate surface area is 41.8 Å². The highest BCUT2D eigenvalue weighted by Gasteiger charge is 1.87. The van der Waals surface area contributed by atoms with Crippen LogP contribution in [0.2, 0.25) is 0 Å². The molecule has 1 heteroatoms. The molecular formula is C5H12O. The summed E-state index contributed by atoms with van der Waals surface area (Å²) < 4.78 is 13.9. The minimum absolute atomic E-state index is 0.215. The summed E-state index contributed by atoms with van der Waals surface area (Å²) in [5.41, 5.74) is 0. The van der Waals surface area contributed by atoms with Gasteiger partial charge in [0.2, 0.25) is 0 Å². The number of hydrogen-bond donors (Lipinski definition) is 1. The third kappa shape index (κ3) is 3.96. The van der Waals surface area contributed by atoms with Gasteiger partial charge in [0.05, 0.1) is 6.10 Å². The molecule has 1 atom stereocenters. The van der Waals surface area contributed by atoms with Gasteiger partial charge >= 0.3 is 0 Å². The first-order valence-corrected chi connectivity index (χ1v) is 2.10. The molecule has 0 aliphatic carbocycles. The van der Waals surface area contributed by atoms with Crippen LogP contribution < -0.4 is 0 Å². The number of rotatable bonds is 2. The van der Waals surface area contributed by atoms with Crippen molar-refractivity contribution in [2.45, 2.75) is 32.7 Å². The summed E-state index contributed by atoms with van der Waals surface area (Å²) in [5, 5.41) is 8.65. The van der Waals surface area contributed by atoms with Gasteiger partial charge in [0.15, 0.2) is 0 Å². The van der Waals surface area contributed by atoms with Crippen LogP contribution in [-0.2, 0) is 0 Å². The molecule has 0 saturated carbocycles. The van der Waals surface area contributed by atoms with Crippen molar-refractivity contribution in [3.05, 3.63) is 0 Å². The van der Waals surface area contributed by atoms with Crippen LogP contribution in [0.3, 0.4) is 0 Å². The molecule has 0 bridgehead atoms. The summed E-state index contributed by atoms with van der Waals surface area (Å²) in [5.74, 6) is 0. The fraction of sp³-hybridized carbons (Fsp3) is 1.00. The molecule has 1 nitrogen and oxygen atoms in total. The Morgan fingerprint density at radius 1 is 2.00 bits per heavy atom. The van der Waals surface area contributed by atoms with E-state index >= 15 is 0 Å². The summed E-state index contributed by atoms with van der Waals surface area (Å²) in [6.45, 7) is 3.04. The lowest BCUT2D eigenvalue weighted by atomic mass is 10.2. The predicted octanol–water partition coefficient (Wildman–Crippen LogP) is 1.17. The second-order valence-electron chi connectivity index (χ2n) is 1.41. The van der Waals surface area contributed by atoms with Gasteiger partial charge in [-0.05, 0) is 13.3 Å². The maximum absolute atomic E-state index is 8.65. The van der Waals surface area contributed by atoms with Crippen molar-refractivity contribution in [3.63, 3.8) is 0 Å². The number of aliphatic hydroxyl groups excluding tert-OH is 1.